The van der Waals surface area contributed by atoms with Crippen molar-refractivity contribution in [3.63, 3.8) is 0 Å². The summed E-state index contributed by atoms with van der Waals surface area (Å²) in [6.07, 6.45) is 3.62. The monoisotopic (exact) mass is 497 g/mol. The average molecular weight is 498 g/mol. The first-order chi connectivity index (χ1) is 17.0. The topological polar surface area (TPSA) is 70.7 Å². The van der Waals surface area contributed by atoms with Gasteiger partial charge in [0.15, 0.2) is 0 Å². The molecule has 2 aromatic carbocycles. The van der Waals surface area contributed by atoms with Crippen LogP contribution in [0, 0.1) is 5.82 Å². The van der Waals surface area contributed by atoms with Gasteiger partial charge in [0.05, 0.1) is 0 Å². The molecule has 7 heteroatoms. The number of rotatable bonds is 8. The van der Waals surface area contributed by atoms with Crippen LogP contribution < -0.4 is 10.6 Å². The summed E-state index contributed by atoms with van der Waals surface area (Å²) < 4.78 is 19.8. The number of carbonyl (C=O) groups is 2. The van der Waals surface area contributed by atoms with E-state index in [2.05, 4.69) is 15.5 Å². The second kappa shape index (κ2) is 11.9. The van der Waals surface area contributed by atoms with Gasteiger partial charge in [-0.3, -0.25) is 4.79 Å². The fourth-order valence-corrected chi connectivity index (χ4v) is 4.89. The second-order valence-corrected chi connectivity index (χ2v) is 11.1. The zero-order valence-corrected chi connectivity index (χ0v) is 22.1. The SMILES string of the molecule is CN(C)C1(Cc2ccccc2F)CCC(NC(=O)C(Cc2ccccc2)NC(=O)OC(C)(C)C)CC1. The highest BCUT2D eigenvalue weighted by Gasteiger charge is 2.39. The van der Waals surface area contributed by atoms with Gasteiger partial charge in [0.1, 0.15) is 17.5 Å². The van der Waals surface area contributed by atoms with Crippen molar-refractivity contribution in [3.05, 3.63) is 71.5 Å². The molecule has 2 N–H and O–H groups in total. The van der Waals surface area contributed by atoms with Crippen molar-refractivity contribution in [1.29, 1.82) is 0 Å². The molecule has 1 unspecified atom stereocenters. The zero-order chi connectivity index (χ0) is 26.3. The Hall–Kier alpha value is -2.93. The number of benzene rings is 2. The van der Waals surface area contributed by atoms with Gasteiger partial charge in [-0.2, -0.15) is 0 Å². The van der Waals surface area contributed by atoms with Crippen molar-refractivity contribution in [1.82, 2.24) is 15.5 Å². The predicted molar refractivity (Wildman–Crippen MR) is 140 cm³/mol. The Balaban J connectivity index is 1.65. The van der Waals surface area contributed by atoms with Crippen LogP contribution in [0.1, 0.15) is 57.6 Å². The molecule has 6 nitrogen and oxygen atoms in total. The lowest BCUT2D eigenvalue weighted by Crippen LogP contribution is -2.55. The highest BCUT2D eigenvalue weighted by Crippen LogP contribution is 2.36. The molecular weight excluding hydrogens is 457 g/mol. The Morgan fingerprint density at radius 1 is 1.06 bits per heavy atom. The van der Waals surface area contributed by atoms with Gasteiger partial charge in [0.25, 0.3) is 0 Å². The molecule has 1 saturated carbocycles. The third-order valence-corrected chi connectivity index (χ3v) is 6.98. The molecule has 1 aliphatic carbocycles. The van der Waals surface area contributed by atoms with Crippen LogP contribution in [-0.4, -0.2) is 54.2 Å². The van der Waals surface area contributed by atoms with Gasteiger partial charge in [0.2, 0.25) is 5.91 Å². The minimum Gasteiger partial charge on any atom is -0.444 e. The molecule has 36 heavy (non-hydrogen) atoms. The van der Waals surface area contributed by atoms with E-state index in [9.17, 15) is 14.0 Å². The number of nitrogens with one attached hydrogen (secondary N) is 2. The average Bonchev–Trinajstić information content (AvgIpc) is 2.81. The summed E-state index contributed by atoms with van der Waals surface area (Å²) in [6, 6.07) is 15.8. The van der Waals surface area contributed by atoms with E-state index in [-0.39, 0.29) is 23.3 Å². The summed E-state index contributed by atoms with van der Waals surface area (Å²) in [7, 11) is 4.08. The predicted octanol–water partition coefficient (Wildman–Crippen LogP) is 4.86. The molecule has 0 aliphatic heterocycles. The molecule has 3 rings (SSSR count). The third kappa shape index (κ3) is 7.79. The maximum Gasteiger partial charge on any atom is 0.408 e. The molecule has 196 valence electrons. The lowest BCUT2D eigenvalue weighted by molar-refractivity contribution is -0.124. The van der Waals surface area contributed by atoms with E-state index in [1.807, 2.05) is 56.6 Å². The minimum atomic E-state index is -0.749. The van der Waals surface area contributed by atoms with Gasteiger partial charge in [-0.05, 0) is 84.2 Å². The number of likely N-dealkylation sites (N-methyl/N-ethyl adjacent to an activating group) is 1. The van der Waals surface area contributed by atoms with Crippen molar-refractivity contribution < 1.29 is 18.7 Å². The number of alkyl carbamates (subject to hydrolysis) is 1. The summed E-state index contributed by atoms with van der Waals surface area (Å²) in [4.78, 5) is 28.0. The molecule has 1 atom stereocenters. The van der Waals surface area contributed by atoms with E-state index in [4.69, 9.17) is 4.74 Å². The van der Waals surface area contributed by atoms with Crippen LogP contribution in [0.5, 0.6) is 0 Å². The molecule has 0 spiro atoms. The highest BCUT2D eigenvalue weighted by molar-refractivity contribution is 5.86. The molecule has 0 saturated heterocycles. The van der Waals surface area contributed by atoms with E-state index in [1.54, 1.807) is 26.8 Å². The number of nitrogens with zero attached hydrogens (tertiary/aromatic N) is 1. The van der Waals surface area contributed by atoms with Crippen molar-refractivity contribution >= 4 is 12.0 Å². The first-order valence-corrected chi connectivity index (χ1v) is 12.7. The number of carbonyl (C=O) groups excluding carboxylic acids is 2. The molecule has 0 aromatic heterocycles. The Kier molecular flexibility index (Phi) is 9.12. The first kappa shape index (κ1) is 27.7. The number of amides is 2. The summed E-state index contributed by atoms with van der Waals surface area (Å²) in [6.45, 7) is 5.37. The quantitative estimate of drug-likeness (QED) is 0.546. The van der Waals surface area contributed by atoms with Crippen LogP contribution in [-0.2, 0) is 22.4 Å². The molecule has 2 aromatic rings. The molecular formula is C29H40FN3O3. The van der Waals surface area contributed by atoms with E-state index < -0.39 is 17.7 Å². The lowest BCUT2D eigenvalue weighted by atomic mass is 9.74. The van der Waals surface area contributed by atoms with E-state index in [0.717, 1.165) is 36.8 Å². The number of halogens is 1. The van der Waals surface area contributed by atoms with Crippen molar-refractivity contribution in [2.24, 2.45) is 0 Å². The smallest absolute Gasteiger partial charge is 0.408 e. The Bertz CT molecular complexity index is 1010. The van der Waals surface area contributed by atoms with Crippen LogP contribution in [0.4, 0.5) is 9.18 Å². The van der Waals surface area contributed by atoms with E-state index in [1.165, 1.54) is 6.07 Å². The maximum atomic E-state index is 14.4. The van der Waals surface area contributed by atoms with Crippen LogP contribution in [0.3, 0.4) is 0 Å². The fourth-order valence-electron chi connectivity index (χ4n) is 4.89. The second-order valence-electron chi connectivity index (χ2n) is 11.1. The van der Waals surface area contributed by atoms with Gasteiger partial charge in [-0.25, -0.2) is 9.18 Å². The lowest BCUT2D eigenvalue weighted by Gasteiger charge is -2.45. The molecule has 0 heterocycles. The molecule has 1 aliphatic rings. The normalized spacial score (nSPS) is 21.0. The van der Waals surface area contributed by atoms with Gasteiger partial charge in [0, 0.05) is 18.0 Å². The van der Waals surface area contributed by atoms with Crippen molar-refractivity contribution in [2.45, 2.75) is 82.5 Å². The summed E-state index contributed by atoms with van der Waals surface area (Å²) in [5.74, 6) is -0.396. The van der Waals surface area contributed by atoms with Gasteiger partial charge < -0.3 is 20.3 Å². The summed E-state index contributed by atoms with van der Waals surface area (Å²) >= 11 is 0. The molecule has 0 radical (unpaired) electrons. The highest BCUT2D eigenvalue weighted by atomic mass is 19.1. The molecule has 0 bridgehead atoms. The van der Waals surface area contributed by atoms with Crippen molar-refractivity contribution in [3.8, 4) is 0 Å². The Morgan fingerprint density at radius 3 is 2.25 bits per heavy atom. The minimum absolute atomic E-state index is 0.00935. The summed E-state index contributed by atoms with van der Waals surface area (Å²) in [5.41, 5.74) is 0.850. The standard InChI is InChI=1S/C29H40FN3O3/c1-28(2,3)36-27(35)32-25(19-21-11-7-6-8-12-21)26(34)31-23-15-17-29(18-16-23,33(4)5)20-22-13-9-10-14-24(22)30/h6-14,23,25H,15-20H2,1-5H3,(H,31,34)(H,32,35). The first-order valence-electron chi connectivity index (χ1n) is 12.7. The maximum absolute atomic E-state index is 14.4. The largest absolute Gasteiger partial charge is 0.444 e. The third-order valence-electron chi connectivity index (χ3n) is 6.98. The van der Waals surface area contributed by atoms with Crippen LogP contribution in [0.15, 0.2) is 54.6 Å². The number of hydrogen-bond donors (Lipinski definition) is 2. The van der Waals surface area contributed by atoms with E-state index in [0.29, 0.717) is 12.8 Å². The van der Waals surface area contributed by atoms with Crippen LogP contribution in [0.25, 0.3) is 0 Å². The molecule has 1 fully saturated rings. The van der Waals surface area contributed by atoms with Crippen LogP contribution in [0.2, 0.25) is 0 Å². The van der Waals surface area contributed by atoms with E-state index >= 15 is 0 Å². The number of ether oxygens (including phenoxy) is 1. The van der Waals surface area contributed by atoms with Gasteiger partial charge in [-0.1, -0.05) is 48.5 Å². The summed E-state index contributed by atoms with van der Waals surface area (Å²) in [5, 5.41) is 5.92. The number of hydrogen-bond acceptors (Lipinski definition) is 4. The molecule has 2 amide bonds. The van der Waals surface area contributed by atoms with Gasteiger partial charge >= 0.3 is 6.09 Å². The van der Waals surface area contributed by atoms with Crippen LogP contribution >= 0.6 is 0 Å². The van der Waals surface area contributed by atoms with Crippen molar-refractivity contribution in [2.75, 3.05) is 14.1 Å². The fraction of sp³-hybridized carbons (Fsp3) is 0.517. The van der Waals surface area contributed by atoms with Gasteiger partial charge in [-0.15, -0.1) is 0 Å². The Morgan fingerprint density at radius 2 is 1.67 bits per heavy atom. The zero-order valence-electron chi connectivity index (χ0n) is 22.1. The Labute approximate surface area is 214 Å².